The van der Waals surface area contributed by atoms with E-state index in [-0.39, 0.29) is 6.61 Å². The third-order valence-electron chi connectivity index (χ3n) is 0.781. The largest absolute Gasteiger partial charge is 0.465 e. The standard InChI is InChI=1S/C5H6BrF3O2/c1-2-11-4(10)3(6)5(7,8)9/h3H,2H2,1H3/t3-/m1/s1. The predicted molar refractivity (Wildman–Crippen MR) is 35.4 cm³/mol. The van der Waals surface area contributed by atoms with Gasteiger partial charge in [-0.05, 0) is 6.92 Å². The van der Waals surface area contributed by atoms with E-state index in [9.17, 15) is 18.0 Å². The van der Waals surface area contributed by atoms with Crippen molar-refractivity contribution in [3.8, 4) is 0 Å². The maximum Gasteiger partial charge on any atom is 0.411 e. The predicted octanol–water partition coefficient (Wildman–Crippen LogP) is 1.88. The summed E-state index contributed by atoms with van der Waals surface area (Å²) in [5.74, 6) is -1.31. The number of carbonyl (C=O) groups is 1. The van der Waals surface area contributed by atoms with Crippen LogP contribution in [0.25, 0.3) is 0 Å². The van der Waals surface area contributed by atoms with Crippen LogP contribution >= 0.6 is 15.9 Å². The Morgan fingerprint density at radius 1 is 1.64 bits per heavy atom. The van der Waals surface area contributed by atoms with Gasteiger partial charge in [0.2, 0.25) is 4.83 Å². The highest BCUT2D eigenvalue weighted by molar-refractivity contribution is 9.10. The van der Waals surface area contributed by atoms with E-state index in [1.54, 1.807) is 0 Å². The molecule has 66 valence electrons. The van der Waals surface area contributed by atoms with Crippen molar-refractivity contribution in [2.45, 2.75) is 17.9 Å². The van der Waals surface area contributed by atoms with Gasteiger partial charge < -0.3 is 4.74 Å². The molecule has 1 atom stereocenters. The van der Waals surface area contributed by atoms with Crippen molar-refractivity contribution in [2.75, 3.05) is 6.61 Å². The number of alkyl halides is 4. The lowest BCUT2D eigenvalue weighted by atomic mass is 10.4. The van der Waals surface area contributed by atoms with Gasteiger partial charge in [-0.25, -0.2) is 0 Å². The van der Waals surface area contributed by atoms with Gasteiger partial charge in [0.15, 0.2) is 0 Å². The van der Waals surface area contributed by atoms with Crippen LogP contribution in [0.15, 0.2) is 0 Å². The third-order valence-corrected chi connectivity index (χ3v) is 1.67. The average Bonchev–Trinajstić information content (AvgIpc) is 1.85. The molecule has 0 saturated heterocycles. The van der Waals surface area contributed by atoms with Crippen molar-refractivity contribution >= 4 is 21.9 Å². The van der Waals surface area contributed by atoms with Crippen molar-refractivity contribution < 1.29 is 22.7 Å². The van der Waals surface area contributed by atoms with Gasteiger partial charge in [-0.1, -0.05) is 15.9 Å². The number of hydrogen-bond donors (Lipinski definition) is 0. The van der Waals surface area contributed by atoms with Crippen LogP contribution in [-0.2, 0) is 9.53 Å². The first-order valence-corrected chi connectivity index (χ1v) is 3.68. The van der Waals surface area contributed by atoms with Crippen LogP contribution in [0.4, 0.5) is 13.2 Å². The summed E-state index contributed by atoms with van der Waals surface area (Å²) in [4.78, 5) is 8.19. The minimum Gasteiger partial charge on any atom is -0.465 e. The molecule has 0 spiro atoms. The Kier molecular flexibility index (Phi) is 3.85. The number of esters is 1. The molecule has 0 fully saturated rings. The van der Waals surface area contributed by atoms with Crippen LogP contribution in [-0.4, -0.2) is 23.6 Å². The van der Waals surface area contributed by atoms with Crippen molar-refractivity contribution in [1.29, 1.82) is 0 Å². The van der Waals surface area contributed by atoms with Crippen LogP contribution in [0, 0.1) is 0 Å². The average molecular weight is 235 g/mol. The Labute approximate surface area is 69.8 Å². The summed E-state index contributed by atoms with van der Waals surface area (Å²) in [6.07, 6.45) is -4.58. The first kappa shape index (κ1) is 10.7. The van der Waals surface area contributed by atoms with E-state index in [0.717, 1.165) is 0 Å². The van der Waals surface area contributed by atoms with Crippen LogP contribution in [0.5, 0.6) is 0 Å². The number of rotatable bonds is 2. The zero-order valence-electron chi connectivity index (χ0n) is 5.61. The van der Waals surface area contributed by atoms with E-state index in [1.807, 2.05) is 0 Å². The molecule has 0 unspecified atom stereocenters. The summed E-state index contributed by atoms with van der Waals surface area (Å²) in [7, 11) is 0. The molecule has 0 saturated carbocycles. The molecule has 0 bridgehead atoms. The highest BCUT2D eigenvalue weighted by Gasteiger charge is 2.44. The topological polar surface area (TPSA) is 26.3 Å². The number of hydrogen-bond acceptors (Lipinski definition) is 2. The summed E-state index contributed by atoms with van der Waals surface area (Å²) in [6.45, 7) is 1.38. The van der Waals surface area contributed by atoms with Gasteiger partial charge in [-0.15, -0.1) is 0 Å². The lowest BCUT2D eigenvalue weighted by Gasteiger charge is -2.11. The van der Waals surface area contributed by atoms with E-state index >= 15 is 0 Å². The highest BCUT2D eigenvalue weighted by atomic mass is 79.9. The quantitative estimate of drug-likeness (QED) is 0.539. The number of halogens is 4. The van der Waals surface area contributed by atoms with Gasteiger partial charge in [0.05, 0.1) is 6.61 Å². The lowest BCUT2D eigenvalue weighted by Crippen LogP contribution is -2.32. The van der Waals surface area contributed by atoms with Crippen molar-refractivity contribution in [3.63, 3.8) is 0 Å². The van der Waals surface area contributed by atoms with E-state index in [0.29, 0.717) is 0 Å². The Hall–Kier alpha value is -0.260. The second kappa shape index (κ2) is 3.94. The summed E-state index contributed by atoms with van der Waals surface area (Å²) in [5, 5.41) is 0. The molecule has 0 aliphatic rings. The van der Waals surface area contributed by atoms with Crippen LogP contribution in [0.1, 0.15) is 6.92 Å². The molecule has 0 rings (SSSR count). The maximum absolute atomic E-state index is 11.7. The smallest absolute Gasteiger partial charge is 0.411 e. The molecule has 0 aromatic heterocycles. The van der Waals surface area contributed by atoms with E-state index in [2.05, 4.69) is 20.7 Å². The first-order valence-electron chi connectivity index (χ1n) is 2.77. The Bertz CT molecular complexity index is 145. The summed E-state index contributed by atoms with van der Waals surface area (Å²) < 4.78 is 39.1. The van der Waals surface area contributed by atoms with Gasteiger partial charge >= 0.3 is 12.1 Å². The van der Waals surface area contributed by atoms with Gasteiger partial charge in [0, 0.05) is 0 Å². The summed E-state index contributed by atoms with van der Waals surface area (Å²) >= 11 is 2.17. The van der Waals surface area contributed by atoms with Crippen LogP contribution in [0.3, 0.4) is 0 Å². The minimum atomic E-state index is -4.58. The molecule has 11 heavy (non-hydrogen) atoms. The minimum absolute atomic E-state index is 0.0585. The number of ether oxygens (including phenoxy) is 1. The summed E-state index contributed by atoms with van der Waals surface area (Å²) in [6, 6.07) is 0. The zero-order valence-corrected chi connectivity index (χ0v) is 7.20. The van der Waals surface area contributed by atoms with Crippen LogP contribution < -0.4 is 0 Å². The van der Waals surface area contributed by atoms with Gasteiger partial charge in [-0.3, -0.25) is 4.79 Å². The maximum atomic E-state index is 11.7. The van der Waals surface area contributed by atoms with E-state index in [1.165, 1.54) is 6.92 Å². The molecule has 0 amide bonds. The molecular weight excluding hydrogens is 229 g/mol. The van der Waals surface area contributed by atoms with Crippen LogP contribution in [0.2, 0.25) is 0 Å². The first-order chi connectivity index (χ1) is 4.89. The molecular formula is C5H6BrF3O2. The molecule has 0 aromatic carbocycles. The fourth-order valence-electron chi connectivity index (χ4n) is 0.349. The van der Waals surface area contributed by atoms with Crippen molar-refractivity contribution in [1.82, 2.24) is 0 Å². The normalized spacial score (nSPS) is 14.3. The Balaban J connectivity index is 4.03. The van der Waals surface area contributed by atoms with Crippen molar-refractivity contribution in [2.24, 2.45) is 0 Å². The van der Waals surface area contributed by atoms with Gasteiger partial charge in [0.1, 0.15) is 0 Å². The molecule has 0 heterocycles. The second-order valence-electron chi connectivity index (χ2n) is 1.66. The van der Waals surface area contributed by atoms with Crippen molar-refractivity contribution in [3.05, 3.63) is 0 Å². The van der Waals surface area contributed by atoms with E-state index in [4.69, 9.17) is 0 Å². The second-order valence-corrected chi connectivity index (χ2v) is 2.57. The third kappa shape index (κ3) is 3.60. The molecule has 0 N–H and O–H groups in total. The van der Waals surface area contributed by atoms with Gasteiger partial charge in [0.25, 0.3) is 0 Å². The Morgan fingerprint density at radius 3 is 2.36 bits per heavy atom. The highest BCUT2D eigenvalue weighted by Crippen LogP contribution is 2.27. The fourth-order valence-corrected chi connectivity index (χ4v) is 0.481. The summed E-state index contributed by atoms with van der Waals surface area (Å²) in [5.41, 5.74) is 0. The van der Waals surface area contributed by atoms with E-state index < -0.39 is 17.0 Å². The Morgan fingerprint density at radius 2 is 2.09 bits per heavy atom. The molecule has 0 aliphatic carbocycles. The molecule has 6 heteroatoms. The SMILES string of the molecule is CCOC(=O)[C@@H](Br)C(F)(F)F. The fraction of sp³-hybridized carbons (Fsp3) is 0.800. The molecule has 2 nitrogen and oxygen atoms in total. The van der Waals surface area contributed by atoms with Gasteiger partial charge in [-0.2, -0.15) is 13.2 Å². The number of carbonyl (C=O) groups excluding carboxylic acids is 1. The molecule has 0 aromatic rings. The molecule has 0 radical (unpaired) electrons. The molecule has 0 aliphatic heterocycles. The lowest BCUT2D eigenvalue weighted by molar-refractivity contribution is -0.166. The zero-order chi connectivity index (χ0) is 9.07. The monoisotopic (exact) mass is 234 g/mol.